The molecule has 24 heavy (non-hydrogen) atoms. The number of morpholine rings is 1. The molecule has 1 fully saturated rings. The summed E-state index contributed by atoms with van der Waals surface area (Å²) >= 11 is 0. The maximum Gasteiger partial charge on any atom is 0.279 e. The van der Waals surface area contributed by atoms with Crippen LogP contribution >= 0.6 is 0 Å². The number of hydrogen-bond donors (Lipinski definition) is 1. The predicted molar refractivity (Wildman–Crippen MR) is 90.9 cm³/mol. The largest absolute Gasteiger partial charge is 0.373 e. The molecule has 1 aliphatic heterocycles. The third-order valence-corrected chi connectivity index (χ3v) is 5.31. The Hall–Kier alpha value is -1.74. The van der Waals surface area contributed by atoms with Crippen LogP contribution in [-0.4, -0.2) is 47.8 Å². The fourth-order valence-electron chi connectivity index (χ4n) is 2.76. The van der Waals surface area contributed by atoms with E-state index in [4.69, 9.17) is 4.74 Å². The summed E-state index contributed by atoms with van der Waals surface area (Å²) in [5.41, 5.74) is 1.60. The Balaban J connectivity index is 1.64. The second kappa shape index (κ2) is 7.02. The van der Waals surface area contributed by atoms with Gasteiger partial charge >= 0.3 is 0 Å². The molecule has 2 aromatic rings. The predicted octanol–water partition coefficient (Wildman–Crippen LogP) is 1.32. The van der Waals surface area contributed by atoms with E-state index in [0.29, 0.717) is 18.8 Å². The van der Waals surface area contributed by atoms with Crippen LogP contribution in [0.3, 0.4) is 0 Å². The summed E-state index contributed by atoms with van der Waals surface area (Å²) in [6.45, 7) is 4.62. The SMILES string of the molecule is CC1CN(S(=O)(=O)NCc2ccn(-c3ccccc3)n2)CC(C)O1. The molecule has 0 aliphatic carbocycles. The van der Waals surface area contributed by atoms with Gasteiger partial charge in [0.05, 0.1) is 30.1 Å². The van der Waals surface area contributed by atoms with Crippen molar-refractivity contribution in [3.8, 4) is 5.69 Å². The Kier molecular flexibility index (Phi) is 5.00. The second-order valence-corrected chi connectivity index (χ2v) is 7.74. The Morgan fingerprint density at radius 1 is 1.17 bits per heavy atom. The van der Waals surface area contributed by atoms with E-state index in [-0.39, 0.29) is 18.8 Å². The van der Waals surface area contributed by atoms with Crippen molar-refractivity contribution in [2.24, 2.45) is 0 Å². The van der Waals surface area contributed by atoms with Gasteiger partial charge in [-0.05, 0) is 32.0 Å². The monoisotopic (exact) mass is 350 g/mol. The molecule has 1 N–H and O–H groups in total. The topological polar surface area (TPSA) is 76.5 Å². The molecule has 3 rings (SSSR count). The average molecular weight is 350 g/mol. The normalized spacial score (nSPS) is 22.6. The van der Waals surface area contributed by atoms with E-state index >= 15 is 0 Å². The standard InChI is InChI=1S/C16H22N4O3S/c1-13-11-19(12-14(2)23-13)24(21,22)17-10-15-8-9-20(18-15)16-6-4-3-5-7-16/h3-9,13-14,17H,10-12H2,1-2H3. The number of para-hydroxylation sites is 1. The zero-order valence-electron chi connectivity index (χ0n) is 13.8. The Bertz CT molecular complexity index is 766. The first-order valence-corrected chi connectivity index (χ1v) is 9.38. The summed E-state index contributed by atoms with van der Waals surface area (Å²) in [4.78, 5) is 0. The summed E-state index contributed by atoms with van der Waals surface area (Å²) in [6, 6.07) is 11.5. The minimum absolute atomic E-state index is 0.109. The highest BCUT2D eigenvalue weighted by molar-refractivity contribution is 7.87. The summed E-state index contributed by atoms with van der Waals surface area (Å²) < 4.78 is 36.3. The summed E-state index contributed by atoms with van der Waals surface area (Å²) in [5, 5.41) is 4.41. The molecule has 0 radical (unpaired) electrons. The van der Waals surface area contributed by atoms with E-state index in [0.717, 1.165) is 5.69 Å². The molecule has 1 aromatic carbocycles. The molecule has 0 spiro atoms. The molecule has 0 saturated carbocycles. The van der Waals surface area contributed by atoms with Gasteiger partial charge in [-0.25, -0.2) is 4.68 Å². The van der Waals surface area contributed by atoms with Gasteiger partial charge in [0, 0.05) is 19.3 Å². The van der Waals surface area contributed by atoms with E-state index in [9.17, 15) is 8.42 Å². The fourth-order valence-corrected chi connectivity index (χ4v) is 4.09. The van der Waals surface area contributed by atoms with Gasteiger partial charge in [-0.3, -0.25) is 0 Å². The van der Waals surface area contributed by atoms with Gasteiger partial charge in [0.25, 0.3) is 10.2 Å². The quantitative estimate of drug-likeness (QED) is 0.882. The molecular formula is C16H22N4O3S. The van der Waals surface area contributed by atoms with Gasteiger partial charge in [-0.1, -0.05) is 18.2 Å². The molecule has 1 aliphatic rings. The summed E-state index contributed by atoms with van der Waals surface area (Å²) in [7, 11) is -3.55. The van der Waals surface area contributed by atoms with Crippen molar-refractivity contribution < 1.29 is 13.2 Å². The van der Waals surface area contributed by atoms with Crippen LogP contribution in [0.15, 0.2) is 42.6 Å². The maximum absolute atomic E-state index is 12.5. The van der Waals surface area contributed by atoms with Crippen molar-refractivity contribution >= 4 is 10.2 Å². The number of hydrogen-bond acceptors (Lipinski definition) is 4. The fraction of sp³-hybridized carbons (Fsp3) is 0.438. The third-order valence-electron chi connectivity index (χ3n) is 3.83. The van der Waals surface area contributed by atoms with Crippen molar-refractivity contribution in [2.45, 2.75) is 32.6 Å². The van der Waals surface area contributed by atoms with Crippen LogP contribution in [0.4, 0.5) is 0 Å². The van der Waals surface area contributed by atoms with E-state index in [1.165, 1.54) is 4.31 Å². The minimum atomic E-state index is -3.55. The Morgan fingerprint density at radius 2 is 1.83 bits per heavy atom. The number of rotatable bonds is 5. The van der Waals surface area contributed by atoms with Crippen molar-refractivity contribution in [1.29, 1.82) is 0 Å². The number of nitrogens with one attached hydrogen (secondary N) is 1. The van der Waals surface area contributed by atoms with Gasteiger partial charge in [0.15, 0.2) is 0 Å². The van der Waals surface area contributed by atoms with E-state index < -0.39 is 10.2 Å². The highest BCUT2D eigenvalue weighted by Crippen LogP contribution is 2.14. The molecule has 0 amide bonds. The van der Waals surface area contributed by atoms with Crippen LogP contribution in [0.5, 0.6) is 0 Å². The zero-order chi connectivity index (χ0) is 17.2. The van der Waals surface area contributed by atoms with E-state index in [1.54, 1.807) is 10.7 Å². The lowest BCUT2D eigenvalue weighted by Gasteiger charge is -2.34. The molecule has 0 bridgehead atoms. The van der Waals surface area contributed by atoms with Crippen LogP contribution in [0.1, 0.15) is 19.5 Å². The van der Waals surface area contributed by atoms with Gasteiger partial charge in [-0.15, -0.1) is 0 Å². The molecule has 7 nitrogen and oxygen atoms in total. The average Bonchev–Trinajstić information content (AvgIpc) is 3.02. The van der Waals surface area contributed by atoms with Crippen LogP contribution in [0, 0.1) is 0 Å². The molecule has 1 saturated heterocycles. The lowest BCUT2D eigenvalue weighted by atomic mass is 10.3. The number of benzene rings is 1. The molecule has 8 heteroatoms. The van der Waals surface area contributed by atoms with Crippen molar-refractivity contribution in [3.05, 3.63) is 48.3 Å². The lowest BCUT2D eigenvalue weighted by Crippen LogP contribution is -2.51. The maximum atomic E-state index is 12.5. The smallest absolute Gasteiger partial charge is 0.279 e. The highest BCUT2D eigenvalue weighted by Gasteiger charge is 2.30. The van der Waals surface area contributed by atoms with Gasteiger partial charge in [0.1, 0.15) is 0 Å². The van der Waals surface area contributed by atoms with Gasteiger partial charge < -0.3 is 4.74 Å². The highest BCUT2D eigenvalue weighted by atomic mass is 32.2. The molecule has 2 heterocycles. The third kappa shape index (κ3) is 4.02. The lowest BCUT2D eigenvalue weighted by molar-refractivity contribution is -0.0444. The first kappa shape index (κ1) is 17.1. The molecule has 2 atom stereocenters. The van der Waals surface area contributed by atoms with Crippen LogP contribution < -0.4 is 4.72 Å². The van der Waals surface area contributed by atoms with Gasteiger partial charge in [-0.2, -0.15) is 22.5 Å². The van der Waals surface area contributed by atoms with Crippen molar-refractivity contribution in [2.75, 3.05) is 13.1 Å². The molecule has 130 valence electrons. The summed E-state index contributed by atoms with van der Waals surface area (Å²) in [6.07, 6.45) is 1.60. The zero-order valence-corrected chi connectivity index (χ0v) is 14.6. The van der Waals surface area contributed by atoms with E-state index in [2.05, 4.69) is 9.82 Å². The van der Waals surface area contributed by atoms with Gasteiger partial charge in [0.2, 0.25) is 0 Å². The first-order valence-electron chi connectivity index (χ1n) is 7.94. The molecule has 1 aromatic heterocycles. The molecular weight excluding hydrogens is 328 g/mol. The van der Waals surface area contributed by atoms with Crippen molar-refractivity contribution in [1.82, 2.24) is 18.8 Å². The van der Waals surface area contributed by atoms with Crippen LogP contribution in [-0.2, 0) is 21.5 Å². The van der Waals surface area contributed by atoms with Crippen LogP contribution in [0.25, 0.3) is 5.69 Å². The Labute approximate surface area is 142 Å². The Morgan fingerprint density at radius 3 is 2.50 bits per heavy atom. The number of ether oxygens (including phenoxy) is 1. The number of aromatic nitrogens is 2. The first-order chi connectivity index (χ1) is 11.4. The molecule has 2 unspecified atom stereocenters. The van der Waals surface area contributed by atoms with E-state index in [1.807, 2.05) is 50.4 Å². The van der Waals surface area contributed by atoms with Crippen molar-refractivity contribution in [3.63, 3.8) is 0 Å². The minimum Gasteiger partial charge on any atom is -0.373 e. The number of nitrogens with zero attached hydrogens (tertiary/aromatic N) is 3. The summed E-state index contributed by atoms with van der Waals surface area (Å²) in [5.74, 6) is 0. The van der Waals surface area contributed by atoms with Crippen LogP contribution in [0.2, 0.25) is 0 Å². The second-order valence-electron chi connectivity index (χ2n) is 5.99.